The number of likely N-dealkylation sites (tertiary alicyclic amines) is 1. The van der Waals surface area contributed by atoms with Gasteiger partial charge in [-0.25, -0.2) is 9.48 Å². The van der Waals surface area contributed by atoms with E-state index in [4.69, 9.17) is 44.6 Å². The molecule has 0 aliphatic carbocycles. The Hall–Kier alpha value is -2.25. The van der Waals surface area contributed by atoms with Crippen molar-refractivity contribution >= 4 is 40.9 Å². The molecule has 1 amide bonds. The summed E-state index contributed by atoms with van der Waals surface area (Å²) in [6.45, 7) is 7.61. The maximum Gasteiger partial charge on any atom is 0.410 e. The first-order chi connectivity index (χ1) is 17.1. The van der Waals surface area contributed by atoms with Crippen LogP contribution in [-0.4, -0.2) is 50.4 Å². The standard InChI is InChI=1S/C27H29Cl3N4O2/c1-27(2,3)36-26(35)32-14-12-19(13-15-32)33-16-20-23(25(33)30)31-34(22-7-5-4-6-21(22)29)24(20)17-8-10-18(28)11-9-17/h4-11,19,25H,12-16H2,1-3H3. The first-order valence-electron chi connectivity index (χ1n) is 12.1. The molecule has 3 aromatic rings. The molecular weight excluding hydrogens is 519 g/mol. The SMILES string of the molecule is CC(C)(C)OC(=O)N1CCC(N2Cc3c(nn(-c4ccccc4Cl)c3-c3ccc(Cl)cc3)C2Cl)CC1. The van der Waals surface area contributed by atoms with Crippen LogP contribution in [0.25, 0.3) is 16.9 Å². The van der Waals surface area contributed by atoms with Crippen LogP contribution in [0, 0.1) is 0 Å². The largest absolute Gasteiger partial charge is 0.444 e. The van der Waals surface area contributed by atoms with Crippen molar-refractivity contribution in [2.24, 2.45) is 0 Å². The highest BCUT2D eigenvalue weighted by molar-refractivity contribution is 6.32. The summed E-state index contributed by atoms with van der Waals surface area (Å²) in [5.41, 5.74) is 3.83. The smallest absolute Gasteiger partial charge is 0.410 e. The zero-order chi connectivity index (χ0) is 25.6. The molecule has 6 nitrogen and oxygen atoms in total. The second kappa shape index (κ2) is 9.90. The summed E-state index contributed by atoms with van der Waals surface area (Å²) >= 11 is 19.8. The number of benzene rings is 2. The lowest BCUT2D eigenvalue weighted by Gasteiger charge is -2.38. The molecule has 0 radical (unpaired) electrons. The molecule has 2 aliphatic rings. The number of aromatic nitrogens is 2. The number of carbonyl (C=O) groups is 1. The fraction of sp³-hybridized carbons (Fsp3) is 0.407. The van der Waals surface area contributed by atoms with Crippen molar-refractivity contribution < 1.29 is 9.53 Å². The lowest BCUT2D eigenvalue weighted by Crippen LogP contribution is -2.47. The van der Waals surface area contributed by atoms with E-state index in [0.29, 0.717) is 29.7 Å². The average Bonchev–Trinajstić information content (AvgIpc) is 3.35. The van der Waals surface area contributed by atoms with Gasteiger partial charge in [0.1, 0.15) is 16.8 Å². The van der Waals surface area contributed by atoms with E-state index in [1.807, 2.05) is 74.0 Å². The van der Waals surface area contributed by atoms with Crippen LogP contribution in [-0.2, 0) is 11.3 Å². The van der Waals surface area contributed by atoms with Gasteiger partial charge in [0, 0.05) is 41.8 Å². The summed E-state index contributed by atoms with van der Waals surface area (Å²) in [6.07, 6.45) is 1.40. The zero-order valence-corrected chi connectivity index (χ0v) is 22.8. The van der Waals surface area contributed by atoms with E-state index in [0.717, 1.165) is 41.0 Å². The average molecular weight is 548 g/mol. The zero-order valence-electron chi connectivity index (χ0n) is 20.5. The lowest BCUT2D eigenvalue weighted by molar-refractivity contribution is 0.0135. The third kappa shape index (κ3) is 4.97. The number of hydrogen-bond donors (Lipinski definition) is 0. The molecule has 36 heavy (non-hydrogen) atoms. The van der Waals surface area contributed by atoms with Crippen molar-refractivity contribution in [3.63, 3.8) is 0 Å². The lowest BCUT2D eigenvalue weighted by atomic mass is 10.0. The molecule has 1 atom stereocenters. The van der Waals surface area contributed by atoms with Crippen LogP contribution < -0.4 is 0 Å². The molecule has 2 aliphatic heterocycles. The number of alkyl halides is 1. The van der Waals surface area contributed by atoms with Gasteiger partial charge in [-0.05, 0) is 57.9 Å². The summed E-state index contributed by atoms with van der Waals surface area (Å²) < 4.78 is 7.45. The second-order valence-corrected chi connectivity index (χ2v) is 11.5. The number of rotatable bonds is 3. The topological polar surface area (TPSA) is 50.6 Å². The number of nitrogens with zero attached hydrogens (tertiary/aromatic N) is 4. The Labute approximate surface area is 226 Å². The highest BCUT2D eigenvalue weighted by atomic mass is 35.5. The minimum absolute atomic E-state index is 0.243. The molecular formula is C27H29Cl3N4O2. The van der Waals surface area contributed by atoms with E-state index in [9.17, 15) is 4.79 Å². The number of amides is 1. The number of hydrogen-bond acceptors (Lipinski definition) is 4. The molecule has 1 saturated heterocycles. The Morgan fingerprint density at radius 1 is 1.03 bits per heavy atom. The van der Waals surface area contributed by atoms with Gasteiger partial charge in [-0.15, -0.1) is 0 Å². The van der Waals surface area contributed by atoms with E-state index in [2.05, 4.69) is 4.90 Å². The van der Waals surface area contributed by atoms with Crippen molar-refractivity contribution in [1.82, 2.24) is 19.6 Å². The molecule has 0 bridgehead atoms. The van der Waals surface area contributed by atoms with Gasteiger partial charge in [0.2, 0.25) is 0 Å². The molecule has 9 heteroatoms. The number of fused-ring (bicyclic) bond motifs is 1. The van der Waals surface area contributed by atoms with Crippen molar-refractivity contribution in [3.8, 4) is 16.9 Å². The summed E-state index contributed by atoms with van der Waals surface area (Å²) in [4.78, 5) is 16.6. The van der Waals surface area contributed by atoms with Gasteiger partial charge in [-0.1, -0.05) is 59.1 Å². The van der Waals surface area contributed by atoms with E-state index in [-0.39, 0.29) is 17.6 Å². The predicted molar refractivity (Wildman–Crippen MR) is 144 cm³/mol. The van der Waals surface area contributed by atoms with Crippen molar-refractivity contribution in [1.29, 1.82) is 0 Å². The fourth-order valence-electron chi connectivity index (χ4n) is 4.96. The summed E-state index contributed by atoms with van der Waals surface area (Å²) in [7, 11) is 0. The molecule has 2 aromatic carbocycles. The van der Waals surface area contributed by atoms with Gasteiger partial charge in [-0.3, -0.25) is 4.90 Å². The molecule has 1 unspecified atom stereocenters. The molecule has 0 N–H and O–H groups in total. The van der Waals surface area contributed by atoms with Crippen molar-refractivity contribution in [2.75, 3.05) is 13.1 Å². The molecule has 0 saturated carbocycles. The second-order valence-electron chi connectivity index (χ2n) is 10.3. The van der Waals surface area contributed by atoms with Crippen LogP contribution in [0.2, 0.25) is 10.0 Å². The summed E-state index contributed by atoms with van der Waals surface area (Å²) in [6, 6.07) is 15.7. The normalized spacial score (nSPS) is 18.9. The van der Waals surface area contributed by atoms with Gasteiger partial charge < -0.3 is 9.64 Å². The number of carbonyl (C=O) groups excluding carboxylic acids is 1. The minimum Gasteiger partial charge on any atom is -0.444 e. The molecule has 3 heterocycles. The Kier molecular flexibility index (Phi) is 6.98. The van der Waals surface area contributed by atoms with E-state index < -0.39 is 5.60 Å². The Bertz CT molecular complexity index is 1260. The number of ether oxygens (including phenoxy) is 1. The van der Waals surface area contributed by atoms with Crippen LogP contribution in [0.3, 0.4) is 0 Å². The maximum atomic E-state index is 12.5. The van der Waals surface area contributed by atoms with Crippen LogP contribution in [0.4, 0.5) is 4.79 Å². The van der Waals surface area contributed by atoms with E-state index in [1.165, 1.54) is 0 Å². The Morgan fingerprint density at radius 3 is 2.33 bits per heavy atom. The quantitative estimate of drug-likeness (QED) is 0.255. The molecule has 5 rings (SSSR count). The number of para-hydroxylation sites is 1. The Morgan fingerprint density at radius 2 is 1.69 bits per heavy atom. The van der Waals surface area contributed by atoms with Gasteiger partial charge in [-0.2, -0.15) is 5.10 Å². The molecule has 0 spiro atoms. The van der Waals surface area contributed by atoms with Crippen molar-refractivity contribution in [2.45, 2.75) is 57.3 Å². The Balaban J connectivity index is 1.41. The number of piperidine rings is 1. The summed E-state index contributed by atoms with van der Waals surface area (Å²) in [5.74, 6) is 0. The highest BCUT2D eigenvalue weighted by Gasteiger charge is 2.41. The first kappa shape index (κ1) is 25.4. The monoisotopic (exact) mass is 546 g/mol. The fourth-order valence-corrected chi connectivity index (χ4v) is 5.70. The van der Waals surface area contributed by atoms with E-state index >= 15 is 0 Å². The van der Waals surface area contributed by atoms with Crippen LogP contribution in [0.1, 0.15) is 50.4 Å². The summed E-state index contributed by atoms with van der Waals surface area (Å²) in [5, 5.41) is 6.26. The van der Waals surface area contributed by atoms with Gasteiger partial charge in [0.05, 0.1) is 16.4 Å². The third-order valence-corrected chi connectivity index (χ3v) is 7.68. The third-order valence-electron chi connectivity index (χ3n) is 6.66. The van der Waals surface area contributed by atoms with Crippen LogP contribution in [0.5, 0.6) is 0 Å². The molecule has 1 fully saturated rings. The number of halogens is 3. The maximum absolute atomic E-state index is 12.5. The van der Waals surface area contributed by atoms with Gasteiger partial charge >= 0.3 is 6.09 Å². The molecule has 1 aromatic heterocycles. The highest BCUT2D eigenvalue weighted by Crippen LogP contribution is 2.45. The molecule has 190 valence electrons. The van der Waals surface area contributed by atoms with Crippen LogP contribution in [0.15, 0.2) is 48.5 Å². The first-order valence-corrected chi connectivity index (χ1v) is 13.3. The van der Waals surface area contributed by atoms with Crippen LogP contribution >= 0.6 is 34.8 Å². The van der Waals surface area contributed by atoms with Gasteiger partial charge in [0.15, 0.2) is 0 Å². The minimum atomic E-state index is -0.502. The van der Waals surface area contributed by atoms with Gasteiger partial charge in [0.25, 0.3) is 0 Å². The van der Waals surface area contributed by atoms with Crippen molar-refractivity contribution in [3.05, 3.63) is 69.8 Å². The van der Waals surface area contributed by atoms with E-state index in [1.54, 1.807) is 4.90 Å². The predicted octanol–water partition coefficient (Wildman–Crippen LogP) is 7.30.